The molecule has 9 heteroatoms. The Kier molecular flexibility index (Phi) is 3.63. The molecule has 0 radical (unpaired) electrons. The van der Waals surface area contributed by atoms with Gasteiger partial charge in [0.25, 0.3) is 0 Å². The number of piperidine rings is 1. The van der Waals surface area contributed by atoms with E-state index in [2.05, 4.69) is 19.9 Å². The molecule has 0 unspecified atom stereocenters. The van der Waals surface area contributed by atoms with E-state index in [0.717, 1.165) is 12.0 Å². The predicted octanol–water partition coefficient (Wildman–Crippen LogP) is 2.18. The average molecular weight is 312 g/mol. The van der Waals surface area contributed by atoms with Crippen LogP contribution in [0.5, 0.6) is 0 Å². The maximum atomic E-state index is 12.6. The average Bonchev–Trinajstić information content (AvgIpc) is 2.97. The number of halogens is 3. The van der Waals surface area contributed by atoms with Crippen molar-refractivity contribution in [2.45, 2.75) is 24.9 Å². The molecule has 0 atom stereocenters. The number of nitrogens with one attached hydrogen (secondary N) is 1. The van der Waals surface area contributed by atoms with Crippen LogP contribution in [-0.2, 0) is 6.18 Å². The van der Waals surface area contributed by atoms with Crippen LogP contribution in [0.1, 0.15) is 30.3 Å². The molecule has 0 spiro atoms. The van der Waals surface area contributed by atoms with Crippen molar-refractivity contribution in [3.8, 4) is 0 Å². The fourth-order valence-electron chi connectivity index (χ4n) is 2.60. The van der Waals surface area contributed by atoms with E-state index in [4.69, 9.17) is 5.73 Å². The molecular formula is C13H15F3N6. The standard InChI is InChI=1S/C13H15F3N6/c14-13(15,16)9-6-18-12(21-9)8-1-3-22(4-2-8)11-5-10(17)19-7-20-11/h5-8H,1-4H2,(H,18,21)(H2,17,19,20). The van der Waals surface area contributed by atoms with Crippen LogP contribution < -0.4 is 10.6 Å². The molecule has 1 fully saturated rings. The zero-order valence-corrected chi connectivity index (χ0v) is 11.6. The number of aromatic amines is 1. The molecule has 3 N–H and O–H groups in total. The summed E-state index contributed by atoms with van der Waals surface area (Å²) in [5.41, 5.74) is 4.83. The Morgan fingerprint density at radius 2 is 1.91 bits per heavy atom. The second-order valence-corrected chi connectivity index (χ2v) is 5.24. The molecule has 2 aromatic heterocycles. The second kappa shape index (κ2) is 5.47. The maximum Gasteiger partial charge on any atom is 0.432 e. The quantitative estimate of drug-likeness (QED) is 0.888. The molecule has 0 saturated carbocycles. The molecule has 0 amide bonds. The molecule has 3 heterocycles. The van der Waals surface area contributed by atoms with Gasteiger partial charge < -0.3 is 15.6 Å². The van der Waals surface area contributed by atoms with Crippen molar-refractivity contribution in [2.75, 3.05) is 23.7 Å². The molecule has 118 valence electrons. The van der Waals surface area contributed by atoms with Crippen LogP contribution in [-0.4, -0.2) is 33.0 Å². The molecule has 3 rings (SSSR count). The van der Waals surface area contributed by atoms with Gasteiger partial charge in [-0.2, -0.15) is 13.2 Å². The molecular weight excluding hydrogens is 297 g/mol. The van der Waals surface area contributed by atoms with Crippen molar-refractivity contribution in [1.82, 2.24) is 19.9 Å². The SMILES string of the molecule is Nc1cc(N2CCC(c3ncc(C(F)(F)F)[nH]3)CC2)ncn1. The van der Waals surface area contributed by atoms with E-state index in [1.54, 1.807) is 6.07 Å². The number of H-pyrrole nitrogens is 1. The Bertz CT molecular complexity index is 645. The van der Waals surface area contributed by atoms with Crippen molar-refractivity contribution in [1.29, 1.82) is 0 Å². The zero-order chi connectivity index (χ0) is 15.7. The first-order valence-electron chi connectivity index (χ1n) is 6.88. The van der Waals surface area contributed by atoms with Crippen molar-refractivity contribution >= 4 is 11.6 Å². The van der Waals surface area contributed by atoms with Gasteiger partial charge in [-0.25, -0.2) is 15.0 Å². The lowest BCUT2D eigenvalue weighted by Crippen LogP contribution is -2.33. The summed E-state index contributed by atoms with van der Waals surface area (Å²) in [7, 11) is 0. The first kappa shape index (κ1) is 14.6. The summed E-state index contributed by atoms with van der Waals surface area (Å²) in [6.07, 6.45) is -0.723. The van der Waals surface area contributed by atoms with E-state index in [9.17, 15) is 13.2 Å². The Hall–Kier alpha value is -2.32. The number of alkyl halides is 3. The molecule has 0 bridgehead atoms. The third kappa shape index (κ3) is 2.97. The fourth-order valence-corrected chi connectivity index (χ4v) is 2.60. The number of nitrogens with zero attached hydrogens (tertiary/aromatic N) is 4. The van der Waals surface area contributed by atoms with Gasteiger partial charge in [0.15, 0.2) is 0 Å². The molecule has 2 aromatic rings. The van der Waals surface area contributed by atoms with Gasteiger partial charge in [0.05, 0.1) is 6.20 Å². The summed E-state index contributed by atoms with van der Waals surface area (Å²) >= 11 is 0. The monoisotopic (exact) mass is 312 g/mol. The number of nitrogen functional groups attached to an aromatic ring is 1. The summed E-state index contributed by atoms with van der Waals surface area (Å²) in [5.74, 6) is 1.52. The van der Waals surface area contributed by atoms with E-state index in [0.29, 0.717) is 37.6 Å². The van der Waals surface area contributed by atoms with Gasteiger partial charge in [0, 0.05) is 25.1 Å². The highest BCUT2D eigenvalue weighted by Gasteiger charge is 2.34. The molecule has 1 saturated heterocycles. The van der Waals surface area contributed by atoms with Crippen molar-refractivity contribution in [2.24, 2.45) is 0 Å². The number of anilines is 2. The summed E-state index contributed by atoms with van der Waals surface area (Å²) in [6.45, 7) is 1.37. The Morgan fingerprint density at radius 3 is 2.50 bits per heavy atom. The minimum atomic E-state index is -4.38. The van der Waals surface area contributed by atoms with E-state index >= 15 is 0 Å². The minimum Gasteiger partial charge on any atom is -0.384 e. The Labute approximate surface area is 124 Å². The van der Waals surface area contributed by atoms with E-state index in [-0.39, 0.29) is 5.92 Å². The lowest BCUT2D eigenvalue weighted by molar-refractivity contribution is -0.141. The highest BCUT2D eigenvalue weighted by atomic mass is 19.4. The van der Waals surface area contributed by atoms with Crippen molar-refractivity contribution in [3.05, 3.63) is 30.1 Å². The van der Waals surface area contributed by atoms with Gasteiger partial charge in [-0.3, -0.25) is 0 Å². The molecule has 0 aliphatic carbocycles. The van der Waals surface area contributed by atoms with Gasteiger partial charge >= 0.3 is 6.18 Å². The van der Waals surface area contributed by atoms with Crippen LogP contribution in [0.25, 0.3) is 0 Å². The van der Waals surface area contributed by atoms with Crippen LogP contribution in [0, 0.1) is 0 Å². The number of nitrogens with two attached hydrogens (primary N) is 1. The van der Waals surface area contributed by atoms with Gasteiger partial charge in [0.1, 0.15) is 29.5 Å². The number of hydrogen-bond donors (Lipinski definition) is 2. The smallest absolute Gasteiger partial charge is 0.384 e. The van der Waals surface area contributed by atoms with E-state index in [1.165, 1.54) is 6.33 Å². The molecule has 22 heavy (non-hydrogen) atoms. The molecule has 1 aliphatic rings. The van der Waals surface area contributed by atoms with Gasteiger partial charge in [-0.1, -0.05) is 0 Å². The topological polar surface area (TPSA) is 83.7 Å². The molecule has 1 aliphatic heterocycles. The van der Waals surface area contributed by atoms with Crippen molar-refractivity contribution in [3.63, 3.8) is 0 Å². The highest BCUT2D eigenvalue weighted by Crippen LogP contribution is 2.32. The predicted molar refractivity (Wildman–Crippen MR) is 74.2 cm³/mol. The van der Waals surface area contributed by atoms with E-state index in [1.807, 2.05) is 4.90 Å². The highest BCUT2D eigenvalue weighted by molar-refractivity contribution is 5.46. The summed E-state index contributed by atoms with van der Waals surface area (Å²) in [4.78, 5) is 16.3. The maximum absolute atomic E-state index is 12.6. The first-order chi connectivity index (χ1) is 10.4. The normalized spacial score (nSPS) is 17.0. The number of imidazole rings is 1. The lowest BCUT2D eigenvalue weighted by atomic mass is 9.96. The number of rotatable bonds is 2. The minimum absolute atomic E-state index is 0.00784. The third-order valence-corrected chi connectivity index (χ3v) is 3.78. The van der Waals surface area contributed by atoms with Gasteiger partial charge in [-0.15, -0.1) is 0 Å². The molecule has 6 nitrogen and oxygen atoms in total. The second-order valence-electron chi connectivity index (χ2n) is 5.24. The van der Waals surface area contributed by atoms with E-state index < -0.39 is 11.9 Å². The van der Waals surface area contributed by atoms with Crippen LogP contribution in [0.2, 0.25) is 0 Å². The largest absolute Gasteiger partial charge is 0.432 e. The summed E-state index contributed by atoms with van der Waals surface area (Å²) < 4.78 is 37.8. The molecule has 0 aromatic carbocycles. The van der Waals surface area contributed by atoms with Crippen LogP contribution in [0.15, 0.2) is 18.6 Å². The Balaban J connectivity index is 1.65. The summed E-state index contributed by atoms with van der Waals surface area (Å²) in [5, 5.41) is 0. The van der Waals surface area contributed by atoms with Crippen molar-refractivity contribution < 1.29 is 13.2 Å². The van der Waals surface area contributed by atoms with Crippen LogP contribution in [0.3, 0.4) is 0 Å². The Morgan fingerprint density at radius 1 is 1.18 bits per heavy atom. The van der Waals surface area contributed by atoms with Gasteiger partial charge in [0.2, 0.25) is 0 Å². The fraction of sp³-hybridized carbons (Fsp3) is 0.462. The number of hydrogen-bond acceptors (Lipinski definition) is 5. The zero-order valence-electron chi connectivity index (χ0n) is 11.6. The number of aromatic nitrogens is 4. The van der Waals surface area contributed by atoms with Crippen LogP contribution >= 0.6 is 0 Å². The third-order valence-electron chi connectivity index (χ3n) is 3.78. The lowest BCUT2D eigenvalue weighted by Gasteiger charge is -2.31. The first-order valence-corrected chi connectivity index (χ1v) is 6.88. The van der Waals surface area contributed by atoms with Gasteiger partial charge in [-0.05, 0) is 12.8 Å². The van der Waals surface area contributed by atoms with Crippen LogP contribution in [0.4, 0.5) is 24.8 Å². The summed E-state index contributed by atoms with van der Waals surface area (Å²) in [6, 6.07) is 1.69.